The van der Waals surface area contributed by atoms with E-state index in [1.54, 1.807) is 48.5 Å². The highest BCUT2D eigenvalue weighted by molar-refractivity contribution is 7.92. The molecular weight excluding hydrogens is 384 g/mol. The molecule has 150 valence electrons. The van der Waals surface area contributed by atoms with Crippen LogP contribution in [0.25, 0.3) is 0 Å². The molecule has 0 aliphatic rings. The quantitative estimate of drug-likeness (QED) is 0.666. The van der Waals surface area contributed by atoms with Crippen molar-refractivity contribution in [2.45, 2.75) is 25.7 Å². The van der Waals surface area contributed by atoms with E-state index in [2.05, 4.69) is 5.32 Å². The first-order chi connectivity index (χ1) is 13.7. The van der Waals surface area contributed by atoms with Crippen molar-refractivity contribution in [3.63, 3.8) is 0 Å². The van der Waals surface area contributed by atoms with Gasteiger partial charge in [0.2, 0.25) is 0 Å². The van der Waals surface area contributed by atoms with Gasteiger partial charge in [0.25, 0.3) is 15.9 Å². The van der Waals surface area contributed by atoms with Crippen LogP contribution in [0.15, 0.2) is 71.6 Å². The first-order valence-corrected chi connectivity index (χ1v) is 10.7. The van der Waals surface area contributed by atoms with E-state index < -0.39 is 10.0 Å². The highest BCUT2D eigenvalue weighted by Crippen LogP contribution is 2.27. The van der Waals surface area contributed by atoms with Gasteiger partial charge in [0, 0.05) is 12.7 Å². The zero-order valence-corrected chi connectivity index (χ0v) is 17.7. The van der Waals surface area contributed by atoms with Crippen LogP contribution < -0.4 is 9.62 Å². The molecule has 0 unspecified atom stereocenters. The summed E-state index contributed by atoms with van der Waals surface area (Å²) in [5, 5.41) is 2.93. The van der Waals surface area contributed by atoms with Gasteiger partial charge in [0.15, 0.2) is 0 Å². The molecule has 3 aromatic rings. The summed E-state index contributed by atoms with van der Waals surface area (Å²) in [5.41, 5.74) is 4.19. The standard InChI is InChI=1S/C23H24N2O3S/c1-16-12-14-19(15-13-16)29(27,28)25(4)21-11-6-5-10-20(21)23(26)24-22-17(2)8-7-9-18(22)3/h5-15H,1-4H3,(H,24,26). The third-order valence-electron chi connectivity index (χ3n) is 4.89. The zero-order chi connectivity index (χ0) is 21.2. The second-order valence-electron chi connectivity index (χ2n) is 7.02. The molecule has 29 heavy (non-hydrogen) atoms. The highest BCUT2D eigenvalue weighted by Gasteiger charge is 2.25. The van der Waals surface area contributed by atoms with E-state index in [0.717, 1.165) is 26.7 Å². The Hall–Kier alpha value is -3.12. The molecule has 0 bridgehead atoms. The van der Waals surface area contributed by atoms with E-state index in [4.69, 9.17) is 0 Å². The molecule has 0 aliphatic heterocycles. The minimum absolute atomic E-state index is 0.176. The summed E-state index contributed by atoms with van der Waals surface area (Å²) >= 11 is 0. The second-order valence-corrected chi connectivity index (χ2v) is 8.99. The maximum Gasteiger partial charge on any atom is 0.264 e. The molecule has 6 heteroatoms. The van der Waals surface area contributed by atoms with Gasteiger partial charge in [0.05, 0.1) is 16.1 Å². The van der Waals surface area contributed by atoms with E-state index in [9.17, 15) is 13.2 Å². The Bertz CT molecular complexity index is 1130. The summed E-state index contributed by atoms with van der Waals surface area (Å²) in [4.78, 5) is 13.2. The Morgan fingerprint density at radius 2 is 1.41 bits per heavy atom. The number of hydrogen-bond acceptors (Lipinski definition) is 3. The van der Waals surface area contributed by atoms with Crippen molar-refractivity contribution in [1.82, 2.24) is 0 Å². The van der Waals surface area contributed by atoms with Crippen LogP contribution >= 0.6 is 0 Å². The number of aryl methyl sites for hydroxylation is 3. The number of nitrogens with one attached hydrogen (secondary N) is 1. The smallest absolute Gasteiger partial charge is 0.264 e. The number of carbonyl (C=O) groups is 1. The molecule has 3 aromatic carbocycles. The summed E-state index contributed by atoms with van der Waals surface area (Å²) in [6, 6.07) is 19.1. The van der Waals surface area contributed by atoms with Gasteiger partial charge in [-0.05, 0) is 56.2 Å². The molecule has 0 saturated heterocycles. The maximum absolute atomic E-state index is 13.1. The van der Waals surface area contributed by atoms with Crippen molar-refractivity contribution in [1.29, 1.82) is 0 Å². The lowest BCUT2D eigenvalue weighted by atomic mass is 10.1. The van der Waals surface area contributed by atoms with E-state index in [-0.39, 0.29) is 16.4 Å². The predicted molar refractivity (Wildman–Crippen MR) is 117 cm³/mol. The third kappa shape index (κ3) is 4.17. The van der Waals surface area contributed by atoms with Crippen LogP contribution in [0, 0.1) is 20.8 Å². The summed E-state index contributed by atoms with van der Waals surface area (Å²) in [5.74, 6) is -0.357. The number of anilines is 2. The van der Waals surface area contributed by atoms with Gasteiger partial charge in [-0.3, -0.25) is 9.10 Å². The molecule has 0 heterocycles. The average molecular weight is 409 g/mol. The van der Waals surface area contributed by atoms with Crippen LogP contribution in [0.5, 0.6) is 0 Å². The zero-order valence-electron chi connectivity index (χ0n) is 16.9. The van der Waals surface area contributed by atoms with Crippen molar-refractivity contribution in [2.24, 2.45) is 0 Å². The van der Waals surface area contributed by atoms with Crippen molar-refractivity contribution >= 4 is 27.3 Å². The van der Waals surface area contributed by atoms with Gasteiger partial charge in [0.1, 0.15) is 0 Å². The van der Waals surface area contributed by atoms with Gasteiger partial charge in [-0.1, -0.05) is 48.0 Å². The fraction of sp³-hybridized carbons (Fsp3) is 0.174. The van der Waals surface area contributed by atoms with Crippen LogP contribution in [-0.4, -0.2) is 21.4 Å². The number of rotatable bonds is 5. The SMILES string of the molecule is Cc1ccc(S(=O)(=O)N(C)c2ccccc2C(=O)Nc2c(C)cccc2C)cc1. The van der Waals surface area contributed by atoms with E-state index >= 15 is 0 Å². The lowest BCUT2D eigenvalue weighted by Crippen LogP contribution is -2.29. The van der Waals surface area contributed by atoms with Gasteiger partial charge in [-0.15, -0.1) is 0 Å². The fourth-order valence-corrected chi connectivity index (χ4v) is 4.34. The number of amides is 1. The fourth-order valence-electron chi connectivity index (χ4n) is 3.13. The number of sulfonamides is 1. The molecule has 0 aliphatic carbocycles. The summed E-state index contributed by atoms with van der Waals surface area (Å²) < 4.78 is 27.3. The monoisotopic (exact) mass is 408 g/mol. The molecule has 1 N–H and O–H groups in total. The lowest BCUT2D eigenvalue weighted by Gasteiger charge is -2.22. The minimum Gasteiger partial charge on any atom is -0.321 e. The highest BCUT2D eigenvalue weighted by atomic mass is 32.2. The Morgan fingerprint density at radius 3 is 2.03 bits per heavy atom. The van der Waals surface area contributed by atoms with Crippen molar-refractivity contribution in [3.05, 3.63) is 89.0 Å². The molecule has 0 atom stereocenters. The maximum atomic E-state index is 13.1. The molecule has 0 radical (unpaired) electrons. The summed E-state index contributed by atoms with van der Waals surface area (Å²) in [7, 11) is -2.34. The van der Waals surface area contributed by atoms with E-state index in [0.29, 0.717) is 5.69 Å². The Kier molecular flexibility index (Phi) is 5.75. The number of benzene rings is 3. The van der Waals surface area contributed by atoms with Gasteiger partial charge < -0.3 is 5.32 Å². The van der Waals surface area contributed by atoms with Gasteiger partial charge in [-0.25, -0.2) is 8.42 Å². The van der Waals surface area contributed by atoms with Crippen LogP contribution in [0.2, 0.25) is 0 Å². The minimum atomic E-state index is -3.80. The Labute approximate surface area is 172 Å². The van der Waals surface area contributed by atoms with E-state index in [1.807, 2.05) is 39.0 Å². The average Bonchev–Trinajstić information content (AvgIpc) is 2.70. The van der Waals surface area contributed by atoms with E-state index in [1.165, 1.54) is 7.05 Å². The first kappa shape index (κ1) is 20.6. The third-order valence-corrected chi connectivity index (χ3v) is 6.67. The largest absolute Gasteiger partial charge is 0.321 e. The normalized spacial score (nSPS) is 11.2. The molecular formula is C23H24N2O3S. The predicted octanol–water partition coefficient (Wildman–Crippen LogP) is 4.69. The molecule has 0 aromatic heterocycles. The summed E-state index contributed by atoms with van der Waals surface area (Å²) in [6.45, 7) is 5.73. The topological polar surface area (TPSA) is 66.5 Å². The Balaban J connectivity index is 1.98. The molecule has 0 saturated carbocycles. The molecule has 1 amide bonds. The van der Waals surface area contributed by atoms with Crippen LogP contribution in [0.4, 0.5) is 11.4 Å². The van der Waals surface area contributed by atoms with Crippen molar-refractivity contribution < 1.29 is 13.2 Å². The first-order valence-electron chi connectivity index (χ1n) is 9.24. The lowest BCUT2D eigenvalue weighted by molar-refractivity contribution is 0.102. The van der Waals surface area contributed by atoms with Gasteiger partial charge in [-0.2, -0.15) is 0 Å². The van der Waals surface area contributed by atoms with Crippen molar-refractivity contribution in [2.75, 3.05) is 16.7 Å². The molecule has 0 fully saturated rings. The van der Waals surface area contributed by atoms with Crippen molar-refractivity contribution in [3.8, 4) is 0 Å². The summed E-state index contributed by atoms with van der Waals surface area (Å²) in [6.07, 6.45) is 0. The molecule has 0 spiro atoms. The molecule has 5 nitrogen and oxygen atoms in total. The Morgan fingerprint density at radius 1 is 0.828 bits per heavy atom. The van der Waals surface area contributed by atoms with Crippen LogP contribution in [0.3, 0.4) is 0 Å². The van der Waals surface area contributed by atoms with Crippen LogP contribution in [-0.2, 0) is 10.0 Å². The van der Waals surface area contributed by atoms with Gasteiger partial charge >= 0.3 is 0 Å². The number of para-hydroxylation sites is 2. The second kappa shape index (κ2) is 8.09. The number of hydrogen-bond donors (Lipinski definition) is 1. The molecule has 3 rings (SSSR count). The van der Waals surface area contributed by atoms with Crippen LogP contribution in [0.1, 0.15) is 27.0 Å². The number of nitrogens with zero attached hydrogens (tertiary/aromatic N) is 1. The number of carbonyl (C=O) groups excluding carboxylic acids is 1.